The van der Waals surface area contributed by atoms with Gasteiger partial charge in [0.2, 0.25) is 11.2 Å². The van der Waals surface area contributed by atoms with Gasteiger partial charge in [-0.2, -0.15) is 9.97 Å². The molecule has 1 rings (SSSR count). The van der Waals surface area contributed by atoms with Gasteiger partial charge in [0.05, 0.1) is 13.2 Å². The summed E-state index contributed by atoms with van der Waals surface area (Å²) in [5.74, 6) is 0.876. The molecule has 2 N–H and O–H groups in total. The fraction of sp³-hybridized carbons (Fsp3) is 0.625. The van der Waals surface area contributed by atoms with Gasteiger partial charge in [0, 0.05) is 13.1 Å². The van der Waals surface area contributed by atoms with Gasteiger partial charge in [-0.05, 0) is 18.5 Å². The van der Waals surface area contributed by atoms with E-state index in [0.29, 0.717) is 24.9 Å². The molecule has 0 fully saturated rings. The minimum atomic E-state index is -0.0393. The van der Waals surface area contributed by atoms with Crippen LogP contribution >= 0.6 is 11.6 Å². The van der Waals surface area contributed by atoms with Crippen molar-refractivity contribution in [1.29, 1.82) is 0 Å². The molecule has 6 nitrogen and oxygen atoms in total. The van der Waals surface area contributed by atoms with Crippen molar-refractivity contribution in [1.82, 2.24) is 15.0 Å². The zero-order chi connectivity index (χ0) is 11.3. The van der Waals surface area contributed by atoms with Gasteiger partial charge in [-0.3, -0.25) is 0 Å². The van der Waals surface area contributed by atoms with Crippen LogP contribution in [0.2, 0.25) is 5.28 Å². The maximum absolute atomic E-state index is 8.84. The minimum absolute atomic E-state index is 0.0393. The van der Waals surface area contributed by atoms with Crippen molar-refractivity contribution in [2.75, 3.05) is 31.2 Å². The van der Waals surface area contributed by atoms with Crippen LogP contribution in [0.15, 0.2) is 0 Å². The lowest BCUT2D eigenvalue weighted by molar-refractivity contribution is 0.280. The molecule has 0 atom stereocenters. The van der Waals surface area contributed by atoms with E-state index in [4.69, 9.17) is 21.8 Å². The van der Waals surface area contributed by atoms with Gasteiger partial charge in [-0.15, -0.1) is 0 Å². The van der Waals surface area contributed by atoms with Crippen molar-refractivity contribution in [3.05, 3.63) is 11.1 Å². The predicted molar refractivity (Wildman–Crippen MR) is 56.0 cm³/mol. The van der Waals surface area contributed by atoms with Crippen LogP contribution in [0.5, 0.6) is 0 Å². The van der Waals surface area contributed by atoms with Crippen molar-refractivity contribution in [3.63, 3.8) is 0 Å². The number of anilines is 1. The number of nitrogens with zero attached hydrogens (tertiary/aromatic N) is 4. The number of halogens is 1. The molecule has 1 aromatic heterocycles. The third-order valence-electron chi connectivity index (χ3n) is 1.73. The number of rotatable bonds is 5. The first-order chi connectivity index (χ1) is 7.17. The summed E-state index contributed by atoms with van der Waals surface area (Å²) in [4.78, 5) is 13.5. The van der Waals surface area contributed by atoms with Gasteiger partial charge in [0.1, 0.15) is 5.82 Å². The fourth-order valence-corrected chi connectivity index (χ4v) is 1.33. The summed E-state index contributed by atoms with van der Waals surface area (Å²) >= 11 is 5.68. The monoisotopic (exact) mass is 232 g/mol. The highest BCUT2D eigenvalue weighted by atomic mass is 35.5. The van der Waals surface area contributed by atoms with Crippen LogP contribution in [0.4, 0.5) is 5.95 Å². The number of aliphatic hydroxyl groups excluding tert-OH is 2. The van der Waals surface area contributed by atoms with Crippen molar-refractivity contribution in [2.24, 2.45) is 0 Å². The lowest BCUT2D eigenvalue weighted by Gasteiger charge is -2.20. The van der Waals surface area contributed by atoms with Crippen molar-refractivity contribution >= 4 is 17.5 Å². The van der Waals surface area contributed by atoms with Crippen LogP contribution in [-0.2, 0) is 0 Å². The third-order valence-corrected chi connectivity index (χ3v) is 1.90. The first-order valence-electron chi connectivity index (χ1n) is 4.52. The maximum Gasteiger partial charge on any atom is 0.230 e. The van der Waals surface area contributed by atoms with Crippen LogP contribution < -0.4 is 4.90 Å². The molecule has 0 aromatic carbocycles. The highest BCUT2D eigenvalue weighted by molar-refractivity contribution is 6.28. The van der Waals surface area contributed by atoms with E-state index in [1.165, 1.54) is 0 Å². The Morgan fingerprint density at radius 3 is 2.20 bits per heavy atom. The first kappa shape index (κ1) is 12.1. The van der Waals surface area contributed by atoms with E-state index in [2.05, 4.69) is 15.0 Å². The Labute approximate surface area is 92.6 Å². The Balaban J connectivity index is 2.88. The molecule has 15 heavy (non-hydrogen) atoms. The summed E-state index contributed by atoms with van der Waals surface area (Å²) in [6, 6.07) is 0. The zero-order valence-corrected chi connectivity index (χ0v) is 9.15. The normalized spacial score (nSPS) is 10.4. The average Bonchev–Trinajstić information content (AvgIpc) is 2.16. The predicted octanol–water partition coefficient (Wildman–Crippen LogP) is -0.376. The highest BCUT2D eigenvalue weighted by Crippen LogP contribution is 2.09. The Kier molecular flexibility index (Phi) is 4.67. The first-order valence-corrected chi connectivity index (χ1v) is 4.90. The largest absolute Gasteiger partial charge is 0.395 e. The van der Waals surface area contributed by atoms with Crippen LogP contribution in [0.3, 0.4) is 0 Å². The van der Waals surface area contributed by atoms with Gasteiger partial charge in [0.25, 0.3) is 0 Å². The number of hydrogen-bond acceptors (Lipinski definition) is 6. The minimum Gasteiger partial charge on any atom is -0.395 e. The molecule has 0 aliphatic heterocycles. The SMILES string of the molecule is Cc1nc(Cl)nc(N(CCO)CCO)n1. The summed E-state index contributed by atoms with van der Waals surface area (Å²) in [5, 5.41) is 17.8. The number of aromatic nitrogens is 3. The van der Waals surface area contributed by atoms with Crippen molar-refractivity contribution < 1.29 is 10.2 Å². The van der Waals surface area contributed by atoms with E-state index in [9.17, 15) is 0 Å². The van der Waals surface area contributed by atoms with Crippen LogP contribution in [0.25, 0.3) is 0 Å². The second-order valence-electron chi connectivity index (χ2n) is 2.89. The summed E-state index contributed by atoms with van der Waals surface area (Å²) in [7, 11) is 0. The summed E-state index contributed by atoms with van der Waals surface area (Å²) in [6.07, 6.45) is 0. The molecular formula is C8H13ClN4O2. The third kappa shape index (κ3) is 3.58. The smallest absolute Gasteiger partial charge is 0.230 e. The number of hydrogen-bond donors (Lipinski definition) is 2. The standard InChI is InChI=1S/C8H13ClN4O2/c1-6-10-7(9)12-8(11-6)13(2-4-14)3-5-15/h14-15H,2-5H2,1H3. The van der Waals surface area contributed by atoms with E-state index < -0.39 is 0 Å². The Bertz CT molecular complexity index is 297. The molecule has 0 spiro atoms. The van der Waals surface area contributed by atoms with E-state index in [1.54, 1.807) is 11.8 Å². The van der Waals surface area contributed by atoms with E-state index in [0.717, 1.165) is 0 Å². The summed E-state index contributed by atoms with van der Waals surface area (Å²) < 4.78 is 0. The van der Waals surface area contributed by atoms with Crippen molar-refractivity contribution in [3.8, 4) is 0 Å². The van der Waals surface area contributed by atoms with Gasteiger partial charge >= 0.3 is 0 Å². The highest BCUT2D eigenvalue weighted by Gasteiger charge is 2.10. The van der Waals surface area contributed by atoms with Gasteiger partial charge in [-0.25, -0.2) is 4.98 Å². The van der Waals surface area contributed by atoms with Crippen LogP contribution in [0, 0.1) is 6.92 Å². The van der Waals surface area contributed by atoms with Gasteiger partial charge < -0.3 is 15.1 Å². The quantitative estimate of drug-likeness (QED) is 0.721. The van der Waals surface area contributed by atoms with E-state index >= 15 is 0 Å². The number of aliphatic hydroxyl groups is 2. The second kappa shape index (κ2) is 5.79. The molecule has 1 heterocycles. The molecule has 0 saturated heterocycles. The van der Waals surface area contributed by atoms with Gasteiger partial charge in [0.15, 0.2) is 0 Å². The van der Waals surface area contributed by atoms with Crippen LogP contribution in [0.1, 0.15) is 5.82 Å². The Morgan fingerprint density at radius 2 is 1.73 bits per heavy atom. The number of aryl methyl sites for hydroxylation is 1. The molecule has 84 valence electrons. The average molecular weight is 233 g/mol. The topological polar surface area (TPSA) is 82.4 Å². The molecule has 0 amide bonds. The Hall–Kier alpha value is -0.980. The molecule has 0 unspecified atom stereocenters. The fourth-order valence-electron chi connectivity index (χ4n) is 1.13. The molecule has 0 radical (unpaired) electrons. The molecule has 1 aromatic rings. The molecule has 0 aliphatic rings. The molecule has 0 bridgehead atoms. The van der Waals surface area contributed by atoms with E-state index in [-0.39, 0.29) is 18.5 Å². The molecule has 0 saturated carbocycles. The van der Waals surface area contributed by atoms with Crippen molar-refractivity contribution in [2.45, 2.75) is 6.92 Å². The zero-order valence-electron chi connectivity index (χ0n) is 8.39. The second-order valence-corrected chi connectivity index (χ2v) is 3.22. The summed E-state index contributed by atoms with van der Waals surface area (Å²) in [6.45, 7) is 2.32. The lowest BCUT2D eigenvalue weighted by Crippen LogP contribution is -2.31. The molecule has 7 heteroatoms. The van der Waals surface area contributed by atoms with Gasteiger partial charge in [-0.1, -0.05) is 0 Å². The maximum atomic E-state index is 8.84. The van der Waals surface area contributed by atoms with Crippen LogP contribution in [-0.4, -0.2) is 51.5 Å². The summed E-state index contributed by atoms with van der Waals surface area (Å²) in [5.41, 5.74) is 0. The molecule has 0 aliphatic carbocycles. The molecular weight excluding hydrogens is 220 g/mol. The Morgan fingerprint density at radius 1 is 1.13 bits per heavy atom. The van der Waals surface area contributed by atoms with E-state index in [1.807, 2.05) is 0 Å². The lowest BCUT2D eigenvalue weighted by atomic mass is 10.5.